The van der Waals surface area contributed by atoms with E-state index in [0.29, 0.717) is 22.7 Å². The van der Waals surface area contributed by atoms with Crippen molar-refractivity contribution in [1.82, 2.24) is 4.72 Å². The SMILES string of the molecule is O=C1COc2ccc(NC(=O)c3ccc(S(=O)(=O)NC4CC4)cc3)cc2N1. The maximum atomic E-state index is 12.4. The van der Waals surface area contributed by atoms with Crippen LogP contribution < -0.4 is 20.1 Å². The smallest absolute Gasteiger partial charge is 0.262 e. The Morgan fingerprint density at radius 1 is 1.11 bits per heavy atom. The average Bonchev–Trinajstić information content (AvgIpc) is 3.45. The number of nitrogens with one attached hydrogen (secondary N) is 3. The van der Waals surface area contributed by atoms with Crippen LogP contribution in [0, 0.1) is 0 Å². The normalized spacial score (nSPS) is 16.1. The van der Waals surface area contributed by atoms with Crippen LogP contribution in [-0.2, 0) is 14.8 Å². The van der Waals surface area contributed by atoms with E-state index in [1.165, 1.54) is 24.3 Å². The minimum atomic E-state index is -3.55. The highest BCUT2D eigenvalue weighted by molar-refractivity contribution is 7.89. The van der Waals surface area contributed by atoms with Gasteiger partial charge in [-0.25, -0.2) is 13.1 Å². The summed E-state index contributed by atoms with van der Waals surface area (Å²) in [5.41, 5.74) is 1.28. The molecule has 2 aromatic carbocycles. The molecule has 27 heavy (non-hydrogen) atoms. The van der Waals surface area contributed by atoms with Crippen molar-refractivity contribution in [2.24, 2.45) is 0 Å². The van der Waals surface area contributed by atoms with E-state index in [2.05, 4.69) is 15.4 Å². The summed E-state index contributed by atoms with van der Waals surface area (Å²) >= 11 is 0. The number of hydrogen-bond acceptors (Lipinski definition) is 5. The van der Waals surface area contributed by atoms with E-state index in [9.17, 15) is 18.0 Å². The van der Waals surface area contributed by atoms with Crippen molar-refractivity contribution in [2.75, 3.05) is 17.2 Å². The number of carbonyl (C=O) groups excluding carboxylic acids is 2. The highest BCUT2D eigenvalue weighted by atomic mass is 32.2. The average molecular weight is 387 g/mol. The number of ether oxygens (including phenoxy) is 1. The highest BCUT2D eigenvalue weighted by Crippen LogP contribution is 2.30. The molecule has 1 aliphatic heterocycles. The molecule has 0 atom stereocenters. The number of fused-ring (bicyclic) bond motifs is 1. The predicted octanol–water partition coefficient (Wildman–Crippen LogP) is 1.71. The van der Waals surface area contributed by atoms with E-state index in [1.54, 1.807) is 18.2 Å². The second-order valence-corrected chi connectivity index (χ2v) is 8.14. The van der Waals surface area contributed by atoms with Gasteiger partial charge in [0.15, 0.2) is 6.61 Å². The molecule has 1 saturated carbocycles. The summed E-state index contributed by atoms with van der Waals surface area (Å²) in [5, 5.41) is 5.38. The first kappa shape index (κ1) is 17.5. The van der Waals surface area contributed by atoms with Crippen LogP contribution in [0.5, 0.6) is 5.75 Å². The predicted molar refractivity (Wildman–Crippen MR) is 98.3 cm³/mol. The molecule has 1 heterocycles. The molecular formula is C18H17N3O5S. The van der Waals surface area contributed by atoms with Gasteiger partial charge in [-0.2, -0.15) is 0 Å². The van der Waals surface area contributed by atoms with E-state index in [1.807, 2.05) is 0 Å². The Labute approximate surface area is 156 Å². The van der Waals surface area contributed by atoms with Gasteiger partial charge in [0.25, 0.3) is 11.8 Å². The van der Waals surface area contributed by atoms with Crippen LogP contribution in [0.2, 0.25) is 0 Å². The fraction of sp³-hybridized carbons (Fsp3) is 0.222. The molecule has 3 N–H and O–H groups in total. The third-order valence-electron chi connectivity index (χ3n) is 4.20. The van der Waals surface area contributed by atoms with E-state index in [4.69, 9.17) is 4.74 Å². The molecule has 8 nitrogen and oxygen atoms in total. The summed E-state index contributed by atoms with van der Waals surface area (Å²) in [6, 6.07) is 10.7. The minimum absolute atomic E-state index is 0.0199. The first-order valence-electron chi connectivity index (χ1n) is 8.41. The number of amides is 2. The second kappa shape index (κ2) is 6.67. The third-order valence-corrected chi connectivity index (χ3v) is 5.73. The summed E-state index contributed by atoms with van der Waals surface area (Å²) in [6.45, 7) is -0.0381. The third kappa shape index (κ3) is 3.93. The van der Waals surface area contributed by atoms with Crippen LogP contribution in [0.3, 0.4) is 0 Å². The number of hydrogen-bond donors (Lipinski definition) is 3. The van der Waals surface area contributed by atoms with Gasteiger partial charge in [0.05, 0.1) is 10.6 Å². The van der Waals surface area contributed by atoms with Gasteiger partial charge in [0.2, 0.25) is 10.0 Å². The molecule has 2 amide bonds. The number of rotatable bonds is 5. The van der Waals surface area contributed by atoms with E-state index in [-0.39, 0.29) is 23.5 Å². The van der Waals surface area contributed by atoms with Crippen LogP contribution in [-0.4, -0.2) is 32.9 Å². The summed E-state index contributed by atoms with van der Waals surface area (Å²) in [5.74, 6) is -0.120. The molecule has 0 aromatic heterocycles. The summed E-state index contributed by atoms with van der Waals surface area (Å²) in [6.07, 6.45) is 1.71. The van der Waals surface area contributed by atoms with Crippen molar-refractivity contribution in [3.63, 3.8) is 0 Å². The molecule has 0 bridgehead atoms. The molecule has 0 radical (unpaired) electrons. The molecule has 9 heteroatoms. The lowest BCUT2D eigenvalue weighted by atomic mass is 10.2. The zero-order chi connectivity index (χ0) is 19.0. The largest absolute Gasteiger partial charge is 0.482 e. The molecule has 140 valence electrons. The van der Waals surface area contributed by atoms with Gasteiger partial charge < -0.3 is 15.4 Å². The van der Waals surface area contributed by atoms with Crippen LogP contribution >= 0.6 is 0 Å². The Balaban J connectivity index is 1.47. The summed E-state index contributed by atoms with van der Waals surface area (Å²) < 4.78 is 32.2. The van der Waals surface area contributed by atoms with Crippen molar-refractivity contribution in [3.05, 3.63) is 48.0 Å². The number of anilines is 2. The number of benzene rings is 2. The minimum Gasteiger partial charge on any atom is -0.482 e. The first-order valence-corrected chi connectivity index (χ1v) is 9.89. The Bertz CT molecular complexity index is 1010. The number of sulfonamides is 1. The van der Waals surface area contributed by atoms with Crippen LogP contribution in [0.1, 0.15) is 23.2 Å². The fourth-order valence-electron chi connectivity index (χ4n) is 2.64. The lowest BCUT2D eigenvalue weighted by Crippen LogP contribution is -2.26. The molecule has 4 rings (SSSR count). The Hall–Kier alpha value is -2.91. The van der Waals surface area contributed by atoms with Crippen molar-refractivity contribution in [3.8, 4) is 5.75 Å². The molecular weight excluding hydrogens is 370 g/mol. The standard InChI is InChI=1S/C18H17N3O5S/c22-17-10-26-16-8-5-13(9-15(16)20-17)19-18(23)11-1-6-14(7-2-11)27(24,25)21-12-3-4-12/h1-2,5-9,12,21H,3-4,10H2,(H,19,23)(H,20,22). The Kier molecular flexibility index (Phi) is 4.33. The van der Waals surface area contributed by atoms with Gasteiger partial charge in [0, 0.05) is 17.3 Å². The monoisotopic (exact) mass is 387 g/mol. The van der Waals surface area contributed by atoms with Crippen LogP contribution in [0.15, 0.2) is 47.4 Å². The zero-order valence-electron chi connectivity index (χ0n) is 14.2. The maximum Gasteiger partial charge on any atom is 0.262 e. The van der Waals surface area contributed by atoms with Gasteiger partial charge in [-0.05, 0) is 55.3 Å². The lowest BCUT2D eigenvalue weighted by molar-refractivity contribution is -0.118. The molecule has 1 aliphatic carbocycles. The summed E-state index contributed by atoms with van der Waals surface area (Å²) in [4.78, 5) is 23.9. The van der Waals surface area contributed by atoms with E-state index < -0.39 is 15.9 Å². The topological polar surface area (TPSA) is 114 Å². The van der Waals surface area contributed by atoms with Crippen molar-refractivity contribution >= 4 is 33.2 Å². The van der Waals surface area contributed by atoms with E-state index in [0.717, 1.165) is 12.8 Å². The zero-order valence-corrected chi connectivity index (χ0v) is 15.0. The van der Waals surface area contributed by atoms with Crippen molar-refractivity contribution < 1.29 is 22.7 Å². The van der Waals surface area contributed by atoms with Gasteiger partial charge in [-0.15, -0.1) is 0 Å². The number of carbonyl (C=O) groups is 2. The molecule has 0 saturated heterocycles. The Morgan fingerprint density at radius 3 is 2.56 bits per heavy atom. The van der Waals surface area contributed by atoms with Gasteiger partial charge in [0.1, 0.15) is 5.75 Å². The summed E-state index contributed by atoms with van der Waals surface area (Å²) in [7, 11) is -3.55. The van der Waals surface area contributed by atoms with E-state index >= 15 is 0 Å². The molecule has 2 aromatic rings. The lowest BCUT2D eigenvalue weighted by Gasteiger charge is -2.18. The first-order chi connectivity index (χ1) is 12.9. The maximum absolute atomic E-state index is 12.4. The van der Waals surface area contributed by atoms with Gasteiger partial charge in [-0.3, -0.25) is 9.59 Å². The molecule has 2 aliphatic rings. The Morgan fingerprint density at radius 2 is 1.85 bits per heavy atom. The molecule has 0 spiro atoms. The highest BCUT2D eigenvalue weighted by Gasteiger charge is 2.28. The van der Waals surface area contributed by atoms with Gasteiger partial charge >= 0.3 is 0 Å². The quantitative estimate of drug-likeness (QED) is 0.723. The van der Waals surface area contributed by atoms with Gasteiger partial charge in [-0.1, -0.05) is 0 Å². The fourth-order valence-corrected chi connectivity index (χ4v) is 3.94. The van der Waals surface area contributed by atoms with Crippen LogP contribution in [0.4, 0.5) is 11.4 Å². The van der Waals surface area contributed by atoms with Crippen molar-refractivity contribution in [1.29, 1.82) is 0 Å². The van der Waals surface area contributed by atoms with Crippen LogP contribution in [0.25, 0.3) is 0 Å². The molecule has 0 unspecified atom stereocenters. The second-order valence-electron chi connectivity index (χ2n) is 6.42. The molecule has 1 fully saturated rings. The van der Waals surface area contributed by atoms with Crippen molar-refractivity contribution in [2.45, 2.75) is 23.8 Å².